The number of benzene rings is 4. The van der Waals surface area contributed by atoms with E-state index in [9.17, 15) is 18.0 Å². The Hall–Kier alpha value is -4.72. The second-order valence-electron chi connectivity index (χ2n) is 9.15. The maximum Gasteiger partial charge on any atom is 0.416 e. The highest BCUT2D eigenvalue weighted by Crippen LogP contribution is 2.41. The second-order valence-corrected chi connectivity index (χ2v) is 9.15. The summed E-state index contributed by atoms with van der Waals surface area (Å²) >= 11 is 0. The molecule has 0 saturated heterocycles. The first kappa shape index (κ1) is 29.3. The van der Waals surface area contributed by atoms with Crippen molar-refractivity contribution < 1.29 is 32.5 Å². The van der Waals surface area contributed by atoms with Gasteiger partial charge in [0, 0.05) is 0 Å². The fraction of sp³-hybridized carbons (Fsp3) is 0.182. The number of hydrogen-bond donors (Lipinski definition) is 2. The lowest BCUT2D eigenvalue weighted by atomic mass is 9.86. The minimum atomic E-state index is -4.51. The molecule has 0 radical (unpaired) electrons. The van der Waals surface area contributed by atoms with Gasteiger partial charge in [-0.05, 0) is 70.2 Å². The molecule has 4 aromatic carbocycles. The number of carbonyl (C=O) groups is 1. The molecular weight excluding hydrogens is 531 g/mol. The molecule has 0 heterocycles. The predicted octanol–water partition coefficient (Wildman–Crippen LogP) is 8.30. The summed E-state index contributed by atoms with van der Waals surface area (Å²) in [6.07, 6.45) is -5.30. The van der Waals surface area contributed by atoms with E-state index in [0.29, 0.717) is 41.2 Å². The van der Waals surface area contributed by atoms with Crippen LogP contribution in [0.15, 0.2) is 103 Å². The van der Waals surface area contributed by atoms with E-state index in [-0.39, 0.29) is 18.7 Å². The van der Waals surface area contributed by atoms with Crippen molar-refractivity contribution in [3.63, 3.8) is 0 Å². The summed E-state index contributed by atoms with van der Waals surface area (Å²) in [6.45, 7) is 2.49. The first-order valence-electron chi connectivity index (χ1n) is 13.1. The number of ether oxygens (including phenoxy) is 2. The molecule has 0 unspecified atom stereocenters. The summed E-state index contributed by atoms with van der Waals surface area (Å²) < 4.78 is 53.7. The Kier molecular flexibility index (Phi) is 9.68. The highest BCUT2D eigenvalue weighted by molar-refractivity contribution is 5.99. The number of carboxylic acid groups (broad SMARTS) is 1. The molecule has 0 aromatic heterocycles. The Morgan fingerprint density at radius 3 is 1.90 bits per heavy atom. The highest BCUT2D eigenvalue weighted by atomic mass is 19.4. The van der Waals surface area contributed by atoms with Gasteiger partial charge in [-0.1, -0.05) is 79.7 Å². The van der Waals surface area contributed by atoms with E-state index in [1.807, 2.05) is 61.5 Å². The van der Waals surface area contributed by atoms with Gasteiger partial charge in [-0.3, -0.25) is 0 Å². The van der Waals surface area contributed by atoms with Gasteiger partial charge in [0.1, 0.15) is 24.7 Å². The molecule has 0 saturated carbocycles. The van der Waals surface area contributed by atoms with Gasteiger partial charge in [0.15, 0.2) is 0 Å². The third-order valence-electron chi connectivity index (χ3n) is 6.39. The zero-order valence-electron chi connectivity index (χ0n) is 22.4. The minimum Gasteiger partial charge on any atom is -0.492 e. The maximum atomic E-state index is 14.0. The smallest absolute Gasteiger partial charge is 0.416 e. The minimum absolute atomic E-state index is 0.120. The Bertz CT molecular complexity index is 1470. The molecule has 2 N–H and O–H groups in total. The lowest BCUT2D eigenvalue weighted by molar-refractivity contribution is -0.137. The van der Waals surface area contributed by atoms with Gasteiger partial charge in [0.25, 0.3) is 0 Å². The van der Waals surface area contributed by atoms with Crippen molar-refractivity contribution in [3.05, 3.63) is 131 Å². The van der Waals surface area contributed by atoms with Gasteiger partial charge < -0.3 is 19.9 Å². The lowest BCUT2D eigenvalue weighted by Crippen LogP contribution is -2.26. The average Bonchev–Trinajstić information content (AvgIpc) is 2.98. The van der Waals surface area contributed by atoms with Crippen molar-refractivity contribution in [1.29, 1.82) is 0 Å². The van der Waals surface area contributed by atoms with Crippen LogP contribution in [0.3, 0.4) is 0 Å². The van der Waals surface area contributed by atoms with Gasteiger partial charge in [-0.15, -0.1) is 0 Å². The third kappa shape index (κ3) is 7.91. The van der Waals surface area contributed by atoms with Crippen LogP contribution in [0.5, 0.6) is 11.5 Å². The number of hydrogen-bond acceptors (Lipinski definition) is 3. The molecular formula is C33H30F3NO4. The zero-order valence-corrected chi connectivity index (χ0v) is 22.4. The van der Waals surface area contributed by atoms with Crippen LogP contribution in [0.2, 0.25) is 0 Å². The van der Waals surface area contributed by atoms with Crippen molar-refractivity contribution in [2.45, 2.75) is 26.1 Å². The van der Waals surface area contributed by atoms with Crippen molar-refractivity contribution in [1.82, 2.24) is 5.32 Å². The Morgan fingerprint density at radius 1 is 0.780 bits per heavy atom. The molecule has 5 nitrogen and oxygen atoms in total. The molecule has 8 heteroatoms. The molecule has 0 aliphatic rings. The van der Waals surface area contributed by atoms with E-state index in [4.69, 9.17) is 14.6 Å². The molecule has 0 bridgehead atoms. The predicted molar refractivity (Wildman–Crippen MR) is 153 cm³/mol. The van der Waals surface area contributed by atoms with E-state index < -0.39 is 17.8 Å². The Labute approximate surface area is 236 Å². The standard InChI is InChI=1S/C33H30F3NO4/c1-2-28(29-10-6-7-11-30(29)33(34,35)36)31(24-12-16-26(17-13-24)40-21-20-37-32(38)39)25-14-18-27(19-15-25)41-22-23-8-4-3-5-9-23/h3-19,37H,2,20-22H2,1H3,(H,38,39)/b31-28+. The van der Waals surface area contributed by atoms with Gasteiger partial charge in [0.2, 0.25) is 0 Å². The molecule has 41 heavy (non-hydrogen) atoms. The van der Waals surface area contributed by atoms with Crippen LogP contribution < -0.4 is 14.8 Å². The van der Waals surface area contributed by atoms with Crippen LogP contribution in [0.1, 0.15) is 41.2 Å². The van der Waals surface area contributed by atoms with Crippen molar-refractivity contribution in [2.24, 2.45) is 0 Å². The largest absolute Gasteiger partial charge is 0.492 e. The van der Waals surface area contributed by atoms with E-state index in [0.717, 1.165) is 17.2 Å². The zero-order chi connectivity index (χ0) is 29.2. The number of halogens is 3. The average molecular weight is 562 g/mol. The van der Waals surface area contributed by atoms with Gasteiger partial charge in [-0.25, -0.2) is 4.79 Å². The Balaban J connectivity index is 1.71. The quantitative estimate of drug-likeness (QED) is 0.143. The summed E-state index contributed by atoms with van der Waals surface area (Å²) in [5, 5.41) is 10.9. The van der Waals surface area contributed by atoms with E-state index >= 15 is 0 Å². The number of amides is 1. The van der Waals surface area contributed by atoms with E-state index in [2.05, 4.69) is 5.32 Å². The summed E-state index contributed by atoms with van der Waals surface area (Å²) in [4.78, 5) is 10.6. The number of allylic oxidation sites excluding steroid dienone is 1. The molecule has 0 atom stereocenters. The SMILES string of the molecule is CC/C(=C(/c1ccc(OCCNC(=O)O)cc1)c1ccc(OCc2ccccc2)cc1)c1ccccc1C(F)(F)F. The first-order valence-corrected chi connectivity index (χ1v) is 13.1. The van der Waals surface area contributed by atoms with Crippen LogP contribution >= 0.6 is 0 Å². The highest BCUT2D eigenvalue weighted by Gasteiger charge is 2.34. The molecule has 0 aliphatic carbocycles. The Morgan fingerprint density at radius 2 is 1.34 bits per heavy atom. The fourth-order valence-corrected chi connectivity index (χ4v) is 4.51. The topological polar surface area (TPSA) is 67.8 Å². The monoisotopic (exact) mass is 561 g/mol. The molecule has 0 spiro atoms. The van der Waals surface area contributed by atoms with Gasteiger partial charge in [-0.2, -0.15) is 13.2 Å². The first-order chi connectivity index (χ1) is 19.8. The third-order valence-corrected chi connectivity index (χ3v) is 6.39. The fourth-order valence-electron chi connectivity index (χ4n) is 4.51. The number of alkyl halides is 3. The van der Waals surface area contributed by atoms with Crippen LogP contribution in [-0.4, -0.2) is 24.4 Å². The summed E-state index contributed by atoms with van der Waals surface area (Å²) in [5.41, 5.74) is 3.13. The molecule has 1 amide bonds. The molecule has 212 valence electrons. The van der Waals surface area contributed by atoms with Crippen molar-refractivity contribution >= 4 is 17.2 Å². The van der Waals surface area contributed by atoms with Crippen LogP contribution in [0.4, 0.5) is 18.0 Å². The summed E-state index contributed by atoms with van der Waals surface area (Å²) in [6, 6.07) is 29.7. The lowest BCUT2D eigenvalue weighted by Gasteiger charge is -2.20. The molecule has 0 fully saturated rings. The summed E-state index contributed by atoms with van der Waals surface area (Å²) in [5.74, 6) is 1.16. The van der Waals surface area contributed by atoms with Crippen LogP contribution in [-0.2, 0) is 12.8 Å². The van der Waals surface area contributed by atoms with E-state index in [1.165, 1.54) is 12.1 Å². The molecule has 0 aliphatic heterocycles. The van der Waals surface area contributed by atoms with E-state index in [1.54, 1.807) is 30.3 Å². The number of rotatable bonds is 11. The molecule has 4 aromatic rings. The van der Waals surface area contributed by atoms with Gasteiger partial charge in [0.05, 0.1) is 12.1 Å². The van der Waals surface area contributed by atoms with Crippen molar-refractivity contribution in [3.8, 4) is 11.5 Å². The molecule has 4 rings (SSSR count). The normalized spacial score (nSPS) is 11.9. The van der Waals surface area contributed by atoms with Gasteiger partial charge >= 0.3 is 12.3 Å². The van der Waals surface area contributed by atoms with Crippen LogP contribution in [0, 0.1) is 0 Å². The van der Waals surface area contributed by atoms with Crippen molar-refractivity contribution in [2.75, 3.05) is 13.2 Å². The van der Waals surface area contributed by atoms with Crippen LogP contribution in [0.25, 0.3) is 11.1 Å². The maximum absolute atomic E-state index is 14.0. The summed E-state index contributed by atoms with van der Waals surface area (Å²) in [7, 11) is 0. The number of nitrogens with one attached hydrogen (secondary N) is 1. The second kappa shape index (κ2) is 13.6.